The van der Waals surface area contributed by atoms with E-state index in [9.17, 15) is 4.79 Å². The molecular weight excluding hydrogens is 324 g/mol. The number of carbonyl (C=O) groups is 1. The minimum absolute atomic E-state index is 0.216. The van der Waals surface area contributed by atoms with Crippen LogP contribution in [0.5, 0.6) is 17.2 Å². The second-order valence-electron chi connectivity index (χ2n) is 5.31. The van der Waals surface area contributed by atoms with Gasteiger partial charge in [0, 0.05) is 18.7 Å². The highest BCUT2D eigenvalue weighted by Gasteiger charge is 2.16. The van der Waals surface area contributed by atoms with Gasteiger partial charge in [0.25, 0.3) is 5.91 Å². The van der Waals surface area contributed by atoms with Crippen molar-refractivity contribution in [3.8, 4) is 17.2 Å². The molecule has 1 amide bonds. The first-order valence-corrected chi connectivity index (χ1v) is 8.49. The van der Waals surface area contributed by atoms with Gasteiger partial charge in [-0.2, -0.15) is 0 Å². The summed E-state index contributed by atoms with van der Waals surface area (Å²) in [5, 5.41) is 2.83. The lowest BCUT2D eigenvalue weighted by Gasteiger charge is -2.17. The smallest absolute Gasteiger partial charge is 0.251 e. The van der Waals surface area contributed by atoms with E-state index in [4.69, 9.17) is 18.9 Å². The molecule has 0 saturated heterocycles. The molecule has 0 radical (unpaired) electrons. The highest BCUT2D eigenvalue weighted by atomic mass is 16.5. The molecule has 0 saturated carbocycles. The summed E-state index contributed by atoms with van der Waals surface area (Å²) in [6.07, 6.45) is 0. The summed E-state index contributed by atoms with van der Waals surface area (Å²) in [5.74, 6) is 1.14. The van der Waals surface area contributed by atoms with Crippen molar-refractivity contribution in [1.29, 1.82) is 0 Å². The van der Waals surface area contributed by atoms with Crippen LogP contribution in [0.15, 0.2) is 12.1 Å². The Hall–Kier alpha value is -1.99. The third-order valence-electron chi connectivity index (χ3n) is 3.91. The molecule has 142 valence electrons. The average molecular weight is 354 g/mol. The zero-order valence-electron chi connectivity index (χ0n) is 15.9. The topological polar surface area (TPSA) is 69.3 Å². The maximum absolute atomic E-state index is 12.3. The summed E-state index contributed by atoms with van der Waals surface area (Å²) in [7, 11) is 4.56. The number of hydrogen-bond donors (Lipinski definition) is 1. The predicted molar refractivity (Wildman–Crippen MR) is 97.0 cm³/mol. The van der Waals surface area contributed by atoms with Gasteiger partial charge < -0.3 is 29.2 Å². The summed E-state index contributed by atoms with van der Waals surface area (Å²) in [6.45, 7) is 8.73. The van der Waals surface area contributed by atoms with Crippen LogP contribution >= 0.6 is 0 Å². The first kappa shape index (κ1) is 21.1. The summed E-state index contributed by atoms with van der Waals surface area (Å²) < 4.78 is 21.3. The summed E-state index contributed by atoms with van der Waals surface area (Å²) in [4.78, 5) is 14.6. The van der Waals surface area contributed by atoms with Gasteiger partial charge in [0.05, 0.1) is 34.5 Å². The van der Waals surface area contributed by atoms with Gasteiger partial charge in [0.15, 0.2) is 11.5 Å². The number of rotatable bonds is 12. The van der Waals surface area contributed by atoms with Crippen molar-refractivity contribution in [3.05, 3.63) is 17.7 Å². The Labute approximate surface area is 150 Å². The van der Waals surface area contributed by atoms with E-state index in [0.717, 1.165) is 19.6 Å². The number of benzene rings is 1. The van der Waals surface area contributed by atoms with Gasteiger partial charge in [-0.3, -0.25) is 4.79 Å². The third-order valence-corrected chi connectivity index (χ3v) is 3.91. The van der Waals surface area contributed by atoms with Crippen molar-refractivity contribution < 1.29 is 23.7 Å². The molecule has 0 heterocycles. The molecule has 0 aliphatic carbocycles. The molecule has 0 aromatic heterocycles. The van der Waals surface area contributed by atoms with Crippen LogP contribution in [-0.4, -0.2) is 71.5 Å². The van der Waals surface area contributed by atoms with Crippen LogP contribution < -0.4 is 19.5 Å². The highest BCUT2D eigenvalue weighted by molar-refractivity contribution is 5.95. The lowest BCUT2D eigenvalue weighted by molar-refractivity contribution is 0.0884. The number of hydrogen-bond acceptors (Lipinski definition) is 6. The van der Waals surface area contributed by atoms with E-state index in [1.165, 1.54) is 21.3 Å². The second-order valence-corrected chi connectivity index (χ2v) is 5.31. The molecule has 1 aromatic carbocycles. The lowest BCUT2D eigenvalue weighted by atomic mass is 10.1. The molecule has 0 aliphatic rings. The molecule has 25 heavy (non-hydrogen) atoms. The largest absolute Gasteiger partial charge is 0.493 e. The second kappa shape index (κ2) is 11.5. The normalized spacial score (nSPS) is 10.6. The van der Waals surface area contributed by atoms with Crippen LogP contribution in [0, 0.1) is 0 Å². The number of likely N-dealkylation sites (N-methyl/N-ethyl adjacent to an activating group) is 1. The fraction of sp³-hybridized carbons (Fsp3) is 0.611. The van der Waals surface area contributed by atoms with Crippen LogP contribution in [0.25, 0.3) is 0 Å². The molecule has 1 rings (SSSR count). The minimum atomic E-state index is -0.216. The van der Waals surface area contributed by atoms with Gasteiger partial charge in [0.2, 0.25) is 5.75 Å². The Morgan fingerprint density at radius 3 is 2.08 bits per heavy atom. The first-order chi connectivity index (χ1) is 12.1. The van der Waals surface area contributed by atoms with Gasteiger partial charge in [-0.05, 0) is 25.2 Å². The lowest BCUT2D eigenvalue weighted by Crippen LogP contribution is -2.30. The van der Waals surface area contributed by atoms with E-state index in [1.807, 2.05) is 0 Å². The molecule has 1 N–H and O–H groups in total. The quantitative estimate of drug-likeness (QED) is 0.577. The standard InChI is InChI=1S/C18H30N2O5/c1-6-20(7-2)9-11-25-10-8-19-18(21)14-12-15(22-3)17(24-5)16(13-14)23-4/h12-13H,6-11H2,1-5H3,(H,19,21). The van der Waals surface area contributed by atoms with E-state index in [-0.39, 0.29) is 5.91 Å². The van der Waals surface area contributed by atoms with Crippen molar-refractivity contribution in [3.63, 3.8) is 0 Å². The van der Waals surface area contributed by atoms with Crippen LogP contribution in [0.2, 0.25) is 0 Å². The van der Waals surface area contributed by atoms with Crippen molar-refractivity contribution in [2.45, 2.75) is 13.8 Å². The third kappa shape index (κ3) is 6.43. The van der Waals surface area contributed by atoms with Gasteiger partial charge in [-0.15, -0.1) is 0 Å². The van der Waals surface area contributed by atoms with Gasteiger partial charge >= 0.3 is 0 Å². The fourth-order valence-electron chi connectivity index (χ4n) is 2.39. The zero-order chi connectivity index (χ0) is 18.7. The van der Waals surface area contributed by atoms with Gasteiger partial charge in [-0.25, -0.2) is 0 Å². The minimum Gasteiger partial charge on any atom is -0.493 e. The number of nitrogens with one attached hydrogen (secondary N) is 1. The number of carbonyl (C=O) groups excluding carboxylic acids is 1. The number of nitrogens with zero attached hydrogens (tertiary/aromatic N) is 1. The molecule has 0 spiro atoms. The predicted octanol–water partition coefficient (Wildman–Crippen LogP) is 1.80. The molecule has 0 unspecified atom stereocenters. The molecule has 0 aliphatic heterocycles. The summed E-state index contributed by atoms with van der Waals surface area (Å²) >= 11 is 0. The van der Waals surface area contributed by atoms with Crippen molar-refractivity contribution >= 4 is 5.91 Å². The van der Waals surface area contributed by atoms with Crippen molar-refractivity contribution in [2.75, 3.05) is 60.7 Å². The Kier molecular flexibility index (Phi) is 9.72. The molecule has 7 nitrogen and oxygen atoms in total. The molecule has 1 aromatic rings. The number of amides is 1. The van der Waals surface area contributed by atoms with E-state index in [0.29, 0.717) is 42.6 Å². The van der Waals surface area contributed by atoms with Crippen LogP contribution in [0.4, 0.5) is 0 Å². The Morgan fingerprint density at radius 1 is 1.00 bits per heavy atom. The van der Waals surface area contributed by atoms with Crippen molar-refractivity contribution in [2.24, 2.45) is 0 Å². The van der Waals surface area contributed by atoms with Gasteiger partial charge in [0.1, 0.15) is 0 Å². The van der Waals surface area contributed by atoms with E-state index < -0.39 is 0 Å². The average Bonchev–Trinajstić information content (AvgIpc) is 2.65. The molecule has 7 heteroatoms. The molecular formula is C18H30N2O5. The fourth-order valence-corrected chi connectivity index (χ4v) is 2.39. The SMILES string of the molecule is CCN(CC)CCOCCNC(=O)c1cc(OC)c(OC)c(OC)c1. The van der Waals surface area contributed by atoms with Crippen LogP contribution in [0.3, 0.4) is 0 Å². The highest BCUT2D eigenvalue weighted by Crippen LogP contribution is 2.38. The summed E-state index contributed by atoms with van der Waals surface area (Å²) in [6, 6.07) is 3.25. The first-order valence-electron chi connectivity index (χ1n) is 8.49. The van der Waals surface area contributed by atoms with E-state index >= 15 is 0 Å². The van der Waals surface area contributed by atoms with E-state index in [2.05, 4.69) is 24.1 Å². The summed E-state index contributed by atoms with van der Waals surface area (Å²) in [5.41, 5.74) is 0.442. The van der Waals surface area contributed by atoms with E-state index in [1.54, 1.807) is 12.1 Å². The Balaban J connectivity index is 2.50. The zero-order valence-corrected chi connectivity index (χ0v) is 15.9. The number of ether oxygens (including phenoxy) is 4. The molecule has 0 bridgehead atoms. The van der Waals surface area contributed by atoms with Crippen LogP contribution in [-0.2, 0) is 4.74 Å². The maximum Gasteiger partial charge on any atom is 0.251 e. The monoisotopic (exact) mass is 354 g/mol. The molecule has 0 fully saturated rings. The number of methoxy groups -OCH3 is 3. The van der Waals surface area contributed by atoms with Crippen LogP contribution in [0.1, 0.15) is 24.2 Å². The molecule has 0 atom stereocenters. The maximum atomic E-state index is 12.3. The van der Waals surface area contributed by atoms with Crippen molar-refractivity contribution in [1.82, 2.24) is 10.2 Å². The Bertz CT molecular complexity index is 507. The van der Waals surface area contributed by atoms with Gasteiger partial charge in [-0.1, -0.05) is 13.8 Å². The Morgan fingerprint density at radius 2 is 1.60 bits per heavy atom.